The predicted octanol–water partition coefficient (Wildman–Crippen LogP) is 2.93. The highest BCUT2D eigenvalue weighted by Crippen LogP contribution is 2.22. The summed E-state index contributed by atoms with van der Waals surface area (Å²) in [5.74, 6) is 0.326. The van der Waals surface area contributed by atoms with Gasteiger partial charge in [-0.15, -0.1) is 0 Å². The molecule has 1 heterocycles. The van der Waals surface area contributed by atoms with Crippen LogP contribution < -0.4 is 5.32 Å². The van der Waals surface area contributed by atoms with Gasteiger partial charge in [0.1, 0.15) is 5.15 Å². The Labute approximate surface area is 142 Å². The summed E-state index contributed by atoms with van der Waals surface area (Å²) >= 11 is 6.35. The molecular formula is C17H26ClN3O2. The van der Waals surface area contributed by atoms with Crippen molar-refractivity contribution >= 4 is 23.6 Å². The molecule has 0 atom stereocenters. The van der Waals surface area contributed by atoms with E-state index in [1.807, 2.05) is 6.92 Å². The summed E-state index contributed by atoms with van der Waals surface area (Å²) in [6.45, 7) is 6.86. The number of hydrogen-bond donors (Lipinski definition) is 2. The Balaban J connectivity index is 1.96. The van der Waals surface area contributed by atoms with Gasteiger partial charge in [0.05, 0.1) is 11.8 Å². The summed E-state index contributed by atoms with van der Waals surface area (Å²) < 4.78 is 1.78. The Hall–Kier alpha value is -1.33. The number of aryl methyl sites for hydroxylation is 1. The van der Waals surface area contributed by atoms with Gasteiger partial charge in [-0.2, -0.15) is 5.10 Å². The third-order valence-electron chi connectivity index (χ3n) is 4.09. The molecule has 6 heteroatoms. The molecule has 5 nitrogen and oxygen atoms in total. The normalized spacial score (nSPS) is 22.0. The van der Waals surface area contributed by atoms with E-state index in [0.29, 0.717) is 11.1 Å². The van der Waals surface area contributed by atoms with Crippen LogP contribution in [0.2, 0.25) is 5.15 Å². The molecule has 2 rings (SSSR count). The van der Waals surface area contributed by atoms with Gasteiger partial charge in [-0.05, 0) is 44.6 Å². The Kier molecular flexibility index (Phi) is 6.25. The fourth-order valence-electron chi connectivity index (χ4n) is 2.85. The van der Waals surface area contributed by atoms with Gasteiger partial charge in [-0.3, -0.25) is 9.48 Å². The average Bonchev–Trinajstić information content (AvgIpc) is 2.73. The highest BCUT2D eigenvalue weighted by Gasteiger charge is 2.20. The molecule has 0 unspecified atom stereocenters. The van der Waals surface area contributed by atoms with Crippen LogP contribution in [0.5, 0.6) is 0 Å². The molecule has 0 bridgehead atoms. The van der Waals surface area contributed by atoms with Crippen LogP contribution in [0.15, 0.2) is 6.08 Å². The summed E-state index contributed by atoms with van der Waals surface area (Å²) in [6.07, 6.45) is 6.18. The molecule has 0 radical (unpaired) electrons. The molecule has 128 valence electrons. The van der Waals surface area contributed by atoms with Gasteiger partial charge < -0.3 is 10.4 Å². The Morgan fingerprint density at radius 1 is 1.43 bits per heavy atom. The van der Waals surface area contributed by atoms with Crippen LogP contribution in [-0.2, 0) is 11.3 Å². The van der Waals surface area contributed by atoms with Gasteiger partial charge in [0.25, 0.3) is 0 Å². The van der Waals surface area contributed by atoms with Crippen molar-refractivity contribution in [3.63, 3.8) is 0 Å². The molecule has 23 heavy (non-hydrogen) atoms. The molecule has 1 saturated carbocycles. The summed E-state index contributed by atoms with van der Waals surface area (Å²) in [5, 5.41) is 17.5. The first-order chi connectivity index (χ1) is 10.9. The van der Waals surface area contributed by atoms with E-state index < -0.39 is 0 Å². The van der Waals surface area contributed by atoms with Crippen LogP contribution in [0.4, 0.5) is 0 Å². The zero-order valence-electron chi connectivity index (χ0n) is 14.1. The van der Waals surface area contributed by atoms with Crippen LogP contribution in [-0.4, -0.2) is 32.9 Å². The maximum absolute atomic E-state index is 12.0. The van der Waals surface area contributed by atoms with Crippen LogP contribution in [0.1, 0.15) is 50.8 Å². The zero-order chi connectivity index (χ0) is 17.0. The van der Waals surface area contributed by atoms with E-state index >= 15 is 0 Å². The monoisotopic (exact) mass is 339 g/mol. The maximum atomic E-state index is 12.0. The number of aliphatic hydroxyl groups is 1. The molecule has 1 fully saturated rings. The molecule has 0 spiro atoms. The van der Waals surface area contributed by atoms with Gasteiger partial charge in [0.15, 0.2) is 0 Å². The largest absolute Gasteiger partial charge is 0.393 e. The molecular weight excluding hydrogens is 314 g/mol. The van der Waals surface area contributed by atoms with E-state index in [-0.39, 0.29) is 18.1 Å². The third kappa shape index (κ3) is 5.08. The summed E-state index contributed by atoms with van der Waals surface area (Å²) in [7, 11) is 0. The number of nitrogens with zero attached hydrogens (tertiary/aromatic N) is 2. The Morgan fingerprint density at radius 3 is 2.70 bits per heavy atom. The molecule has 1 aliphatic rings. The molecule has 0 aliphatic heterocycles. The number of hydrogen-bond acceptors (Lipinski definition) is 3. The number of amides is 1. The van der Waals surface area contributed by atoms with E-state index in [2.05, 4.69) is 24.3 Å². The van der Waals surface area contributed by atoms with Crippen molar-refractivity contribution in [2.45, 2.75) is 65.1 Å². The van der Waals surface area contributed by atoms with E-state index in [9.17, 15) is 9.90 Å². The van der Waals surface area contributed by atoms with Crippen LogP contribution >= 0.6 is 11.6 Å². The highest BCUT2D eigenvalue weighted by atomic mass is 35.5. The van der Waals surface area contributed by atoms with Crippen molar-refractivity contribution in [1.29, 1.82) is 0 Å². The fourth-order valence-corrected chi connectivity index (χ4v) is 3.16. The molecule has 1 aromatic rings. The van der Waals surface area contributed by atoms with Crippen LogP contribution in [0, 0.1) is 12.8 Å². The first-order valence-corrected chi connectivity index (χ1v) is 8.64. The van der Waals surface area contributed by atoms with Gasteiger partial charge in [0.2, 0.25) is 5.91 Å². The lowest BCUT2D eigenvalue weighted by Crippen LogP contribution is -2.37. The standard InChI is InChI=1S/C17H26ClN3O2/c1-11(2)10-21-17(18)15(12(3)20-21)8-9-16(23)19-13-4-6-14(22)7-5-13/h8-9,11,13-14,22H,4-7,10H2,1-3H3,(H,19,23)/b9-8+. The van der Waals surface area contributed by atoms with Crippen LogP contribution in [0.3, 0.4) is 0 Å². The van der Waals surface area contributed by atoms with Crippen molar-refractivity contribution in [2.24, 2.45) is 5.92 Å². The first kappa shape index (κ1) is 18.0. The van der Waals surface area contributed by atoms with Crippen LogP contribution in [0.25, 0.3) is 6.08 Å². The highest BCUT2D eigenvalue weighted by molar-refractivity contribution is 6.31. The topological polar surface area (TPSA) is 67.2 Å². The second-order valence-electron chi connectivity index (χ2n) is 6.71. The minimum atomic E-state index is -0.216. The maximum Gasteiger partial charge on any atom is 0.244 e. The molecule has 2 N–H and O–H groups in total. The quantitative estimate of drug-likeness (QED) is 0.810. The van der Waals surface area contributed by atoms with Gasteiger partial charge in [-0.1, -0.05) is 25.4 Å². The lowest BCUT2D eigenvalue weighted by molar-refractivity contribution is -0.117. The number of nitrogens with one attached hydrogen (secondary N) is 1. The lowest BCUT2D eigenvalue weighted by atomic mass is 9.93. The predicted molar refractivity (Wildman–Crippen MR) is 92.3 cm³/mol. The summed E-state index contributed by atoms with van der Waals surface area (Å²) in [6, 6.07) is 0.149. The molecule has 1 aromatic heterocycles. The second kappa shape index (κ2) is 7.97. The van der Waals surface area contributed by atoms with Crippen molar-refractivity contribution in [1.82, 2.24) is 15.1 Å². The number of aromatic nitrogens is 2. The second-order valence-corrected chi connectivity index (χ2v) is 7.07. The fraction of sp³-hybridized carbons (Fsp3) is 0.647. The first-order valence-electron chi connectivity index (χ1n) is 8.26. The lowest BCUT2D eigenvalue weighted by Gasteiger charge is -2.25. The van der Waals surface area contributed by atoms with Crippen molar-refractivity contribution in [3.8, 4) is 0 Å². The van der Waals surface area contributed by atoms with Gasteiger partial charge >= 0.3 is 0 Å². The van der Waals surface area contributed by atoms with Crippen molar-refractivity contribution in [3.05, 3.63) is 22.5 Å². The average molecular weight is 340 g/mol. The number of aliphatic hydroxyl groups excluding tert-OH is 1. The molecule has 0 saturated heterocycles. The Morgan fingerprint density at radius 2 is 2.09 bits per heavy atom. The van der Waals surface area contributed by atoms with Gasteiger partial charge in [-0.25, -0.2) is 0 Å². The minimum absolute atomic E-state index is 0.126. The van der Waals surface area contributed by atoms with E-state index in [4.69, 9.17) is 11.6 Å². The number of carbonyl (C=O) groups is 1. The molecule has 1 aliphatic carbocycles. The summed E-state index contributed by atoms with van der Waals surface area (Å²) in [4.78, 5) is 12.0. The van der Waals surface area contributed by atoms with E-state index in [1.165, 1.54) is 6.08 Å². The minimum Gasteiger partial charge on any atom is -0.393 e. The van der Waals surface area contributed by atoms with Crippen molar-refractivity contribution < 1.29 is 9.90 Å². The van der Waals surface area contributed by atoms with E-state index in [1.54, 1.807) is 10.8 Å². The van der Waals surface area contributed by atoms with Crippen molar-refractivity contribution in [2.75, 3.05) is 0 Å². The number of rotatable bonds is 5. The van der Waals surface area contributed by atoms with Gasteiger partial charge in [0, 0.05) is 24.2 Å². The molecule has 0 aromatic carbocycles. The smallest absolute Gasteiger partial charge is 0.244 e. The van der Waals surface area contributed by atoms with E-state index in [0.717, 1.165) is 43.5 Å². The zero-order valence-corrected chi connectivity index (χ0v) is 14.8. The summed E-state index contributed by atoms with van der Waals surface area (Å²) in [5.41, 5.74) is 1.61. The Bertz CT molecular complexity index is 573. The SMILES string of the molecule is Cc1nn(CC(C)C)c(Cl)c1/C=C/C(=O)NC1CCC(O)CC1. The third-order valence-corrected chi connectivity index (χ3v) is 4.49. The number of carbonyl (C=O) groups excluding carboxylic acids is 1. The molecule has 1 amide bonds. The number of halogens is 1.